The van der Waals surface area contributed by atoms with Crippen molar-refractivity contribution in [3.8, 4) is 0 Å². The fourth-order valence-electron chi connectivity index (χ4n) is 3.20. The van der Waals surface area contributed by atoms with Gasteiger partial charge in [-0.2, -0.15) is 11.8 Å². The van der Waals surface area contributed by atoms with Crippen LogP contribution in [-0.2, 0) is 0 Å². The highest BCUT2D eigenvalue weighted by Gasteiger charge is 2.26. The van der Waals surface area contributed by atoms with Crippen LogP contribution in [0.4, 0.5) is 5.69 Å². The van der Waals surface area contributed by atoms with Gasteiger partial charge in [-0.15, -0.1) is 0 Å². The molecule has 2 saturated heterocycles. The molecule has 19 heavy (non-hydrogen) atoms. The van der Waals surface area contributed by atoms with Gasteiger partial charge in [-0.3, -0.25) is 4.90 Å². The zero-order valence-electron chi connectivity index (χ0n) is 12.1. The summed E-state index contributed by atoms with van der Waals surface area (Å²) in [6, 6.07) is 7.66. The Morgan fingerprint density at radius 2 is 1.89 bits per heavy atom. The molecule has 2 aliphatic rings. The zero-order valence-corrected chi connectivity index (χ0v) is 12.9. The number of hydrogen-bond acceptors (Lipinski definition) is 3. The molecule has 1 atom stereocenters. The molecular weight excluding hydrogens is 252 g/mol. The first kappa shape index (κ1) is 13.3. The first-order chi connectivity index (χ1) is 9.24. The monoisotopic (exact) mass is 276 g/mol. The van der Waals surface area contributed by atoms with Crippen LogP contribution in [0, 0.1) is 13.8 Å². The number of aryl methyl sites for hydroxylation is 2. The van der Waals surface area contributed by atoms with E-state index in [1.165, 1.54) is 60.9 Å². The van der Waals surface area contributed by atoms with Crippen molar-refractivity contribution in [3.63, 3.8) is 0 Å². The highest BCUT2D eigenvalue weighted by molar-refractivity contribution is 7.99. The molecule has 0 aliphatic carbocycles. The maximum absolute atomic E-state index is 2.71. The van der Waals surface area contributed by atoms with Gasteiger partial charge in [0.2, 0.25) is 0 Å². The minimum Gasteiger partial charge on any atom is -0.369 e. The Balaban J connectivity index is 1.64. The number of nitrogens with zero attached hydrogens (tertiary/aromatic N) is 2. The standard InChI is InChI=1S/C16H24N2S/c1-13-3-4-14(2)16(11-13)18-8-6-17(7-9-18)15-5-10-19-12-15/h3-4,11,15H,5-10,12H2,1-2H3. The Morgan fingerprint density at radius 3 is 2.58 bits per heavy atom. The number of benzene rings is 1. The third-order valence-corrected chi connectivity index (χ3v) is 5.59. The van der Waals surface area contributed by atoms with Gasteiger partial charge in [0.1, 0.15) is 0 Å². The molecule has 0 spiro atoms. The third kappa shape index (κ3) is 2.92. The lowest BCUT2D eigenvalue weighted by Gasteiger charge is -2.39. The van der Waals surface area contributed by atoms with Crippen LogP contribution in [0.1, 0.15) is 17.5 Å². The lowest BCUT2D eigenvalue weighted by atomic mass is 10.1. The van der Waals surface area contributed by atoms with Gasteiger partial charge in [-0.25, -0.2) is 0 Å². The molecular formula is C16H24N2S. The number of thioether (sulfide) groups is 1. The van der Waals surface area contributed by atoms with Gasteiger partial charge < -0.3 is 4.90 Å². The van der Waals surface area contributed by atoms with Gasteiger partial charge in [0.25, 0.3) is 0 Å². The first-order valence-electron chi connectivity index (χ1n) is 7.38. The molecule has 0 amide bonds. The predicted octanol–water partition coefficient (Wildman–Crippen LogP) is 2.93. The average Bonchev–Trinajstić information content (AvgIpc) is 2.96. The summed E-state index contributed by atoms with van der Waals surface area (Å²) in [4.78, 5) is 5.28. The molecule has 2 fully saturated rings. The van der Waals surface area contributed by atoms with E-state index in [0.717, 1.165) is 6.04 Å². The summed E-state index contributed by atoms with van der Waals surface area (Å²) in [6.07, 6.45) is 1.40. The van der Waals surface area contributed by atoms with Gasteiger partial charge in [-0.1, -0.05) is 12.1 Å². The Labute approximate surface area is 121 Å². The van der Waals surface area contributed by atoms with Crippen molar-refractivity contribution in [1.82, 2.24) is 4.90 Å². The van der Waals surface area contributed by atoms with Crippen LogP contribution in [0.15, 0.2) is 18.2 Å². The van der Waals surface area contributed by atoms with E-state index < -0.39 is 0 Å². The molecule has 0 saturated carbocycles. The molecule has 1 aromatic rings. The molecule has 0 N–H and O–H groups in total. The topological polar surface area (TPSA) is 6.48 Å². The summed E-state index contributed by atoms with van der Waals surface area (Å²) in [5, 5.41) is 0. The van der Waals surface area contributed by atoms with E-state index in [9.17, 15) is 0 Å². The van der Waals surface area contributed by atoms with Gasteiger partial charge >= 0.3 is 0 Å². The van der Waals surface area contributed by atoms with Gasteiger partial charge in [0.05, 0.1) is 0 Å². The van der Waals surface area contributed by atoms with Crippen molar-refractivity contribution < 1.29 is 0 Å². The van der Waals surface area contributed by atoms with Crippen LogP contribution < -0.4 is 4.90 Å². The fourth-order valence-corrected chi connectivity index (χ4v) is 4.45. The molecule has 104 valence electrons. The van der Waals surface area contributed by atoms with E-state index in [-0.39, 0.29) is 0 Å². The minimum absolute atomic E-state index is 0.853. The number of rotatable bonds is 2. The van der Waals surface area contributed by atoms with Gasteiger partial charge in [0, 0.05) is 43.7 Å². The smallest absolute Gasteiger partial charge is 0.0399 e. The van der Waals surface area contributed by atoms with E-state index in [0.29, 0.717) is 0 Å². The lowest BCUT2D eigenvalue weighted by molar-refractivity contribution is 0.201. The number of piperazine rings is 1. The number of hydrogen-bond donors (Lipinski definition) is 0. The molecule has 3 rings (SSSR count). The van der Waals surface area contributed by atoms with E-state index in [4.69, 9.17) is 0 Å². The van der Waals surface area contributed by atoms with Crippen molar-refractivity contribution in [2.75, 3.05) is 42.6 Å². The summed E-state index contributed by atoms with van der Waals surface area (Å²) in [7, 11) is 0. The highest BCUT2D eigenvalue weighted by Crippen LogP contribution is 2.26. The summed E-state index contributed by atoms with van der Waals surface area (Å²) in [5.74, 6) is 2.71. The second-order valence-corrected chi connectivity index (χ2v) is 6.98. The molecule has 2 nitrogen and oxygen atoms in total. The summed E-state index contributed by atoms with van der Waals surface area (Å²) >= 11 is 2.12. The molecule has 2 heterocycles. The van der Waals surface area contributed by atoms with E-state index in [1.54, 1.807) is 0 Å². The number of anilines is 1. The Bertz CT molecular complexity index is 432. The summed E-state index contributed by atoms with van der Waals surface area (Å²) in [6.45, 7) is 9.26. The van der Waals surface area contributed by atoms with Crippen LogP contribution in [0.3, 0.4) is 0 Å². The van der Waals surface area contributed by atoms with E-state index in [1.807, 2.05) is 0 Å². The van der Waals surface area contributed by atoms with Crippen molar-refractivity contribution in [3.05, 3.63) is 29.3 Å². The fraction of sp³-hybridized carbons (Fsp3) is 0.625. The van der Waals surface area contributed by atoms with Crippen LogP contribution >= 0.6 is 11.8 Å². The van der Waals surface area contributed by atoms with Crippen LogP contribution in [0.5, 0.6) is 0 Å². The van der Waals surface area contributed by atoms with E-state index >= 15 is 0 Å². The second-order valence-electron chi connectivity index (χ2n) is 5.83. The normalized spacial score (nSPS) is 24.9. The third-order valence-electron chi connectivity index (χ3n) is 4.44. The lowest BCUT2D eigenvalue weighted by Crippen LogP contribution is -2.50. The molecule has 1 unspecified atom stereocenters. The maximum atomic E-state index is 2.71. The molecule has 2 aliphatic heterocycles. The van der Waals surface area contributed by atoms with Crippen molar-refractivity contribution in [1.29, 1.82) is 0 Å². The molecule has 1 aromatic carbocycles. The summed E-state index contributed by atoms with van der Waals surface area (Å²) in [5.41, 5.74) is 4.23. The molecule has 0 aromatic heterocycles. The van der Waals surface area contributed by atoms with Crippen molar-refractivity contribution in [2.45, 2.75) is 26.3 Å². The second kappa shape index (κ2) is 5.76. The van der Waals surface area contributed by atoms with E-state index in [2.05, 4.69) is 53.6 Å². The molecule has 3 heteroatoms. The average molecular weight is 276 g/mol. The Hall–Kier alpha value is -0.670. The predicted molar refractivity (Wildman–Crippen MR) is 85.4 cm³/mol. The molecule has 0 radical (unpaired) electrons. The SMILES string of the molecule is Cc1ccc(C)c(N2CCN(C3CCSC3)CC2)c1. The Morgan fingerprint density at radius 1 is 1.11 bits per heavy atom. The van der Waals surface area contributed by atoms with Crippen molar-refractivity contribution in [2.24, 2.45) is 0 Å². The van der Waals surface area contributed by atoms with Gasteiger partial charge in [-0.05, 0) is 43.2 Å². The maximum Gasteiger partial charge on any atom is 0.0399 e. The van der Waals surface area contributed by atoms with Crippen LogP contribution in [0.2, 0.25) is 0 Å². The van der Waals surface area contributed by atoms with Crippen LogP contribution in [-0.4, -0.2) is 48.6 Å². The first-order valence-corrected chi connectivity index (χ1v) is 8.53. The molecule has 0 bridgehead atoms. The quantitative estimate of drug-likeness (QED) is 0.820. The van der Waals surface area contributed by atoms with Crippen molar-refractivity contribution >= 4 is 17.4 Å². The Kier molecular flexibility index (Phi) is 4.04. The van der Waals surface area contributed by atoms with Gasteiger partial charge in [0.15, 0.2) is 0 Å². The summed E-state index contributed by atoms with van der Waals surface area (Å²) < 4.78 is 0. The largest absolute Gasteiger partial charge is 0.369 e. The minimum atomic E-state index is 0.853. The highest BCUT2D eigenvalue weighted by atomic mass is 32.2. The zero-order chi connectivity index (χ0) is 13.2. The van der Waals surface area contributed by atoms with Crippen LogP contribution in [0.25, 0.3) is 0 Å².